The van der Waals surface area contributed by atoms with Crippen molar-refractivity contribution in [3.63, 3.8) is 0 Å². The van der Waals surface area contributed by atoms with E-state index in [9.17, 15) is 9.59 Å². The molecule has 0 aliphatic carbocycles. The average molecular weight is 258 g/mol. The highest BCUT2D eigenvalue weighted by Crippen LogP contribution is 2.11. The van der Waals surface area contributed by atoms with Crippen LogP contribution in [0, 0.1) is 11.8 Å². The molecule has 8 heteroatoms. The summed E-state index contributed by atoms with van der Waals surface area (Å²) in [7, 11) is 0. The Bertz CT molecular complexity index is 380. The van der Waals surface area contributed by atoms with Crippen molar-refractivity contribution in [1.29, 1.82) is 0 Å². The second-order valence-electron chi connectivity index (χ2n) is 3.81. The number of nitrogens with one attached hydrogen (secondary N) is 2. The molecule has 1 aromatic rings. The van der Waals surface area contributed by atoms with Gasteiger partial charge in [0.2, 0.25) is 0 Å². The molecule has 3 N–H and O–H groups in total. The van der Waals surface area contributed by atoms with E-state index in [-0.39, 0.29) is 12.5 Å². The lowest BCUT2D eigenvalue weighted by molar-refractivity contribution is -0.142. The van der Waals surface area contributed by atoms with E-state index in [0.29, 0.717) is 5.00 Å². The van der Waals surface area contributed by atoms with Gasteiger partial charge in [-0.05, 0) is 5.92 Å². The van der Waals surface area contributed by atoms with Gasteiger partial charge in [0, 0.05) is 18.1 Å². The minimum absolute atomic E-state index is 0.0436. The Morgan fingerprint density at radius 2 is 2.24 bits per heavy atom. The lowest BCUT2D eigenvalue weighted by atomic mass is 9.96. The van der Waals surface area contributed by atoms with Gasteiger partial charge in [0.1, 0.15) is 5.00 Å². The maximum atomic E-state index is 11.4. The van der Waals surface area contributed by atoms with Gasteiger partial charge in [0.05, 0.1) is 12.1 Å². The number of aliphatic carboxylic acids is 1. The van der Waals surface area contributed by atoms with Crippen LogP contribution in [-0.4, -0.2) is 33.2 Å². The van der Waals surface area contributed by atoms with E-state index in [1.165, 1.54) is 6.20 Å². The monoisotopic (exact) mass is 258 g/mol. The normalized spacial score (nSPS) is 12.2. The number of carbonyl (C=O) groups is 2. The number of rotatable bonds is 5. The van der Waals surface area contributed by atoms with Crippen molar-refractivity contribution in [2.75, 3.05) is 11.9 Å². The van der Waals surface area contributed by atoms with Crippen molar-refractivity contribution in [1.82, 2.24) is 14.9 Å². The predicted molar refractivity (Wildman–Crippen MR) is 62.9 cm³/mol. The summed E-state index contributed by atoms with van der Waals surface area (Å²) < 4.78 is 3.58. The standard InChI is InChI=1S/C9H14N4O3S/c1-5(2)6(8(14)15)3-10-9(16)12-7-4-11-13-17-7/h4-6H,3H2,1-2H3,(H,14,15)(H2,10,12,16). The van der Waals surface area contributed by atoms with Crippen LogP contribution in [0.4, 0.5) is 9.80 Å². The number of urea groups is 1. The highest BCUT2D eigenvalue weighted by atomic mass is 32.1. The van der Waals surface area contributed by atoms with Crippen LogP contribution in [-0.2, 0) is 4.79 Å². The first-order chi connectivity index (χ1) is 8.00. The van der Waals surface area contributed by atoms with Gasteiger partial charge in [-0.3, -0.25) is 10.1 Å². The number of anilines is 1. The third-order valence-corrected chi connectivity index (χ3v) is 2.78. The molecule has 2 amide bonds. The molecule has 1 aromatic heterocycles. The number of hydrogen-bond acceptors (Lipinski definition) is 5. The highest BCUT2D eigenvalue weighted by molar-refractivity contribution is 7.10. The second kappa shape index (κ2) is 6.14. The number of amides is 2. The van der Waals surface area contributed by atoms with Gasteiger partial charge in [-0.1, -0.05) is 18.3 Å². The van der Waals surface area contributed by atoms with E-state index >= 15 is 0 Å². The number of carboxylic acids is 1. The lowest BCUT2D eigenvalue weighted by Gasteiger charge is -2.16. The van der Waals surface area contributed by atoms with Crippen LogP contribution < -0.4 is 10.6 Å². The Hall–Kier alpha value is -1.70. The quantitative estimate of drug-likeness (QED) is 0.731. The topological polar surface area (TPSA) is 104 Å². The molecule has 1 unspecified atom stereocenters. The summed E-state index contributed by atoms with van der Waals surface area (Å²) >= 11 is 1.05. The maximum Gasteiger partial charge on any atom is 0.319 e. The summed E-state index contributed by atoms with van der Waals surface area (Å²) in [6.45, 7) is 3.68. The SMILES string of the molecule is CC(C)C(CNC(=O)Nc1cnns1)C(=O)O. The summed E-state index contributed by atoms with van der Waals surface area (Å²) in [4.78, 5) is 22.3. The van der Waals surface area contributed by atoms with Crippen molar-refractivity contribution < 1.29 is 14.7 Å². The van der Waals surface area contributed by atoms with Crippen molar-refractivity contribution in [2.24, 2.45) is 11.8 Å². The van der Waals surface area contributed by atoms with Crippen LogP contribution in [0.3, 0.4) is 0 Å². The molecule has 0 radical (unpaired) electrons. The Labute approximate surface area is 102 Å². The zero-order chi connectivity index (χ0) is 12.8. The van der Waals surface area contributed by atoms with Crippen molar-refractivity contribution in [3.05, 3.63) is 6.20 Å². The van der Waals surface area contributed by atoms with Gasteiger partial charge >= 0.3 is 12.0 Å². The Morgan fingerprint density at radius 1 is 1.53 bits per heavy atom. The number of aromatic nitrogens is 2. The predicted octanol–water partition coefficient (Wildman–Crippen LogP) is 1.02. The fourth-order valence-corrected chi connectivity index (χ4v) is 1.60. The van der Waals surface area contributed by atoms with Gasteiger partial charge in [-0.15, -0.1) is 5.10 Å². The Morgan fingerprint density at radius 3 is 2.71 bits per heavy atom. The van der Waals surface area contributed by atoms with E-state index in [2.05, 4.69) is 20.2 Å². The molecule has 1 atom stereocenters. The summed E-state index contributed by atoms with van der Waals surface area (Å²) in [5.74, 6) is -1.56. The van der Waals surface area contributed by atoms with Crippen LogP contribution in [0.25, 0.3) is 0 Å². The highest BCUT2D eigenvalue weighted by Gasteiger charge is 2.21. The Kier molecular flexibility index (Phi) is 4.83. The van der Waals surface area contributed by atoms with E-state index in [1.54, 1.807) is 13.8 Å². The summed E-state index contributed by atoms with van der Waals surface area (Å²) in [5, 5.41) is 18.0. The molecule has 0 saturated heterocycles. The van der Waals surface area contributed by atoms with E-state index in [4.69, 9.17) is 5.11 Å². The summed E-state index contributed by atoms with van der Waals surface area (Å²) in [6.07, 6.45) is 1.42. The van der Waals surface area contributed by atoms with E-state index < -0.39 is 17.9 Å². The first-order valence-corrected chi connectivity index (χ1v) is 5.83. The van der Waals surface area contributed by atoms with Gasteiger partial charge in [0.25, 0.3) is 0 Å². The first-order valence-electron chi connectivity index (χ1n) is 5.05. The van der Waals surface area contributed by atoms with Gasteiger partial charge in [-0.2, -0.15) is 0 Å². The van der Waals surface area contributed by atoms with Crippen molar-refractivity contribution in [3.8, 4) is 0 Å². The molecular weight excluding hydrogens is 244 g/mol. The first kappa shape index (κ1) is 13.4. The molecule has 0 aromatic carbocycles. The largest absolute Gasteiger partial charge is 0.481 e. The van der Waals surface area contributed by atoms with E-state index in [0.717, 1.165) is 11.5 Å². The van der Waals surface area contributed by atoms with Crippen molar-refractivity contribution >= 4 is 28.5 Å². The smallest absolute Gasteiger partial charge is 0.319 e. The zero-order valence-electron chi connectivity index (χ0n) is 9.51. The third kappa shape index (κ3) is 4.35. The lowest BCUT2D eigenvalue weighted by Crippen LogP contribution is -2.37. The minimum Gasteiger partial charge on any atom is -0.481 e. The molecule has 0 saturated carbocycles. The maximum absolute atomic E-state index is 11.4. The van der Waals surface area contributed by atoms with Crippen LogP contribution in [0.15, 0.2) is 6.20 Å². The fourth-order valence-electron chi connectivity index (χ4n) is 1.19. The molecule has 17 heavy (non-hydrogen) atoms. The molecule has 0 aliphatic rings. The second-order valence-corrected chi connectivity index (χ2v) is 4.59. The number of carbonyl (C=O) groups excluding carboxylic acids is 1. The van der Waals surface area contributed by atoms with Gasteiger partial charge in [0.15, 0.2) is 0 Å². The summed E-state index contributed by atoms with van der Waals surface area (Å²) in [5.41, 5.74) is 0. The Balaban J connectivity index is 2.39. The molecule has 1 rings (SSSR count). The number of hydrogen-bond donors (Lipinski definition) is 3. The van der Waals surface area contributed by atoms with Crippen LogP contribution in [0.1, 0.15) is 13.8 Å². The van der Waals surface area contributed by atoms with Crippen LogP contribution in [0.5, 0.6) is 0 Å². The fraction of sp³-hybridized carbons (Fsp3) is 0.556. The van der Waals surface area contributed by atoms with Crippen LogP contribution >= 0.6 is 11.5 Å². The molecule has 1 heterocycles. The van der Waals surface area contributed by atoms with Crippen molar-refractivity contribution in [2.45, 2.75) is 13.8 Å². The molecule has 0 fully saturated rings. The summed E-state index contributed by atoms with van der Waals surface area (Å²) in [6, 6.07) is -0.456. The number of nitrogens with zero attached hydrogens (tertiary/aromatic N) is 2. The zero-order valence-corrected chi connectivity index (χ0v) is 10.3. The third-order valence-electron chi connectivity index (χ3n) is 2.20. The van der Waals surface area contributed by atoms with E-state index in [1.807, 2.05) is 0 Å². The number of carboxylic acid groups (broad SMARTS) is 1. The molecule has 94 valence electrons. The molecular formula is C9H14N4O3S. The van der Waals surface area contributed by atoms with Gasteiger partial charge in [-0.25, -0.2) is 4.79 Å². The molecule has 0 bridgehead atoms. The van der Waals surface area contributed by atoms with Gasteiger partial charge < -0.3 is 10.4 Å². The average Bonchev–Trinajstić information content (AvgIpc) is 2.69. The van der Waals surface area contributed by atoms with Crippen LogP contribution in [0.2, 0.25) is 0 Å². The molecule has 0 spiro atoms. The molecule has 0 aliphatic heterocycles. The molecule has 7 nitrogen and oxygen atoms in total. The minimum atomic E-state index is -0.917.